The first kappa shape index (κ1) is 13.4. The SMILES string of the molecule is O=C(O)c1cccc2c1OCCN2C(=O)Nc1nccs1. The van der Waals surface area contributed by atoms with Crippen molar-refractivity contribution >= 4 is 34.2 Å². The van der Waals surface area contributed by atoms with Gasteiger partial charge < -0.3 is 9.84 Å². The number of nitrogens with zero attached hydrogens (tertiary/aromatic N) is 2. The van der Waals surface area contributed by atoms with E-state index in [1.807, 2.05) is 0 Å². The molecule has 0 spiro atoms. The molecule has 1 aliphatic heterocycles. The van der Waals surface area contributed by atoms with Crippen molar-refractivity contribution in [1.82, 2.24) is 4.98 Å². The molecule has 0 radical (unpaired) electrons. The van der Waals surface area contributed by atoms with Crippen LogP contribution in [0.15, 0.2) is 29.8 Å². The van der Waals surface area contributed by atoms with E-state index in [1.54, 1.807) is 23.7 Å². The predicted octanol–water partition coefficient (Wildman–Crippen LogP) is 2.27. The molecule has 21 heavy (non-hydrogen) atoms. The van der Waals surface area contributed by atoms with Gasteiger partial charge in [0, 0.05) is 11.6 Å². The largest absolute Gasteiger partial charge is 0.489 e. The molecule has 0 atom stereocenters. The van der Waals surface area contributed by atoms with Gasteiger partial charge in [0.25, 0.3) is 0 Å². The molecule has 0 bridgehead atoms. The Kier molecular flexibility index (Phi) is 3.44. The third kappa shape index (κ3) is 2.52. The number of carboxylic acids is 1. The summed E-state index contributed by atoms with van der Waals surface area (Å²) in [6.07, 6.45) is 1.59. The summed E-state index contributed by atoms with van der Waals surface area (Å²) in [6.45, 7) is 0.579. The number of fused-ring (bicyclic) bond motifs is 1. The second-order valence-corrected chi connectivity index (χ2v) is 5.12. The minimum absolute atomic E-state index is 0.0410. The molecule has 0 fully saturated rings. The Morgan fingerprint density at radius 3 is 3.00 bits per heavy atom. The molecule has 8 heteroatoms. The lowest BCUT2D eigenvalue weighted by Crippen LogP contribution is -2.41. The van der Waals surface area contributed by atoms with E-state index in [2.05, 4.69) is 10.3 Å². The monoisotopic (exact) mass is 305 g/mol. The number of carboxylic acid groups (broad SMARTS) is 1. The van der Waals surface area contributed by atoms with Crippen LogP contribution in [0.25, 0.3) is 0 Å². The zero-order valence-corrected chi connectivity index (χ0v) is 11.6. The molecule has 2 N–H and O–H groups in total. The number of anilines is 2. The standard InChI is InChI=1S/C13H11N3O4S/c17-11(18)8-2-1-3-9-10(8)20-6-5-16(9)13(19)15-12-14-4-7-21-12/h1-4,7H,5-6H2,(H,17,18)(H,14,15,19). The van der Waals surface area contributed by atoms with Crippen LogP contribution in [-0.4, -0.2) is 35.2 Å². The van der Waals surface area contributed by atoms with Crippen LogP contribution in [0.2, 0.25) is 0 Å². The van der Waals surface area contributed by atoms with Crippen LogP contribution >= 0.6 is 11.3 Å². The normalized spacial score (nSPS) is 13.2. The van der Waals surface area contributed by atoms with Gasteiger partial charge >= 0.3 is 12.0 Å². The first-order chi connectivity index (χ1) is 10.2. The summed E-state index contributed by atoms with van der Waals surface area (Å²) in [5.41, 5.74) is 0.481. The Hall–Kier alpha value is -2.61. The lowest BCUT2D eigenvalue weighted by molar-refractivity contribution is 0.0692. The van der Waals surface area contributed by atoms with Crippen molar-refractivity contribution in [3.8, 4) is 5.75 Å². The maximum atomic E-state index is 12.3. The van der Waals surface area contributed by atoms with Crippen LogP contribution in [0, 0.1) is 0 Å². The number of hydrogen-bond donors (Lipinski definition) is 2. The van der Waals surface area contributed by atoms with Crippen LogP contribution in [-0.2, 0) is 0 Å². The van der Waals surface area contributed by atoms with Crippen LogP contribution in [0.3, 0.4) is 0 Å². The molecule has 108 valence electrons. The molecular formula is C13H11N3O4S. The quantitative estimate of drug-likeness (QED) is 0.888. The molecule has 0 aliphatic carbocycles. The lowest BCUT2D eigenvalue weighted by Gasteiger charge is -2.29. The van der Waals surface area contributed by atoms with Crippen molar-refractivity contribution in [2.75, 3.05) is 23.4 Å². The molecule has 0 saturated heterocycles. The fourth-order valence-corrected chi connectivity index (χ4v) is 2.59. The summed E-state index contributed by atoms with van der Waals surface area (Å²) in [7, 11) is 0. The topological polar surface area (TPSA) is 91.8 Å². The number of ether oxygens (including phenoxy) is 1. The van der Waals surface area contributed by atoms with Gasteiger partial charge in [-0.3, -0.25) is 10.2 Å². The molecule has 0 unspecified atom stereocenters. The Morgan fingerprint density at radius 1 is 1.43 bits per heavy atom. The third-order valence-corrected chi connectivity index (χ3v) is 3.66. The first-order valence-corrected chi connectivity index (χ1v) is 7.02. The highest BCUT2D eigenvalue weighted by atomic mass is 32.1. The van der Waals surface area contributed by atoms with Gasteiger partial charge in [0.15, 0.2) is 10.9 Å². The smallest absolute Gasteiger partial charge is 0.339 e. The van der Waals surface area contributed by atoms with Crippen molar-refractivity contribution in [3.63, 3.8) is 0 Å². The highest BCUT2D eigenvalue weighted by molar-refractivity contribution is 7.13. The molecule has 1 aliphatic rings. The zero-order valence-electron chi connectivity index (χ0n) is 10.8. The summed E-state index contributed by atoms with van der Waals surface area (Å²) < 4.78 is 5.42. The van der Waals surface area contributed by atoms with Crippen LogP contribution in [0.4, 0.5) is 15.6 Å². The van der Waals surface area contributed by atoms with Crippen LogP contribution in [0.1, 0.15) is 10.4 Å². The molecule has 2 aromatic rings. The van der Waals surface area contributed by atoms with E-state index >= 15 is 0 Å². The van der Waals surface area contributed by atoms with Gasteiger partial charge in [-0.1, -0.05) is 6.07 Å². The van der Waals surface area contributed by atoms with Crippen molar-refractivity contribution in [2.24, 2.45) is 0 Å². The Bertz CT molecular complexity index is 687. The molecule has 2 amide bonds. The van der Waals surface area contributed by atoms with E-state index in [-0.39, 0.29) is 24.0 Å². The van der Waals surface area contributed by atoms with E-state index in [0.29, 0.717) is 17.4 Å². The van der Waals surface area contributed by atoms with E-state index in [9.17, 15) is 9.59 Å². The van der Waals surface area contributed by atoms with E-state index in [1.165, 1.54) is 22.3 Å². The van der Waals surface area contributed by atoms with Gasteiger partial charge in [-0.15, -0.1) is 11.3 Å². The Balaban J connectivity index is 1.92. The fourth-order valence-electron chi connectivity index (χ4n) is 2.07. The number of para-hydroxylation sites is 1. The third-order valence-electron chi connectivity index (χ3n) is 2.97. The van der Waals surface area contributed by atoms with Gasteiger partial charge in [0.2, 0.25) is 0 Å². The number of rotatable bonds is 2. The van der Waals surface area contributed by atoms with Gasteiger partial charge in [0.1, 0.15) is 12.2 Å². The van der Waals surface area contributed by atoms with Gasteiger partial charge in [-0.25, -0.2) is 14.6 Å². The maximum absolute atomic E-state index is 12.3. The van der Waals surface area contributed by atoms with Crippen LogP contribution in [0.5, 0.6) is 5.75 Å². The van der Waals surface area contributed by atoms with Gasteiger partial charge in [0.05, 0.1) is 12.2 Å². The van der Waals surface area contributed by atoms with Crippen LogP contribution < -0.4 is 15.0 Å². The number of urea groups is 1. The molecular weight excluding hydrogens is 294 g/mol. The summed E-state index contributed by atoms with van der Waals surface area (Å²) >= 11 is 1.31. The second-order valence-electron chi connectivity index (χ2n) is 4.23. The van der Waals surface area contributed by atoms with E-state index < -0.39 is 5.97 Å². The number of hydrogen-bond acceptors (Lipinski definition) is 5. The molecule has 0 saturated carbocycles. The number of aromatic carboxylic acids is 1. The van der Waals surface area contributed by atoms with E-state index in [0.717, 1.165) is 0 Å². The number of carbonyl (C=O) groups is 2. The number of aromatic nitrogens is 1. The maximum Gasteiger partial charge on any atom is 0.339 e. The number of carbonyl (C=O) groups excluding carboxylic acids is 1. The highest BCUT2D eigenvalue weighted by Crippen LogP contribution is 2.35. The Labute approximate surface area is 123 Å². The minimum atomic E-state index is -1.09. The summed E-state index contributed by atoms with van der Waals surface area (Å²) in [4.78, 5) is 28.9. The highest BCUT2D eigenvalue weighted by Gasteiger charge is 2.27. The van der Waals surface area contributed by atoms with Crippen molar-refractivity contribution in [1.29, 1.82) is 0 Å². The summed E-state index contributed by atoms with van der Waals surface area (Å²) in [6, 6.07) is 4.32. The molecule has 2 heterocycles. The molecule has 3 rings (SSSR count). The summed E-state index contributed by atoms with van der Waals surface area (Å²) in [5.74, 6) is -0.875. The fraction of sp³-hybridized carbons (Fsp3) is 0.154. The van der Waals surface area contributed by atoms with Gasteiger partial charge in [-0.2, -0.15) is 0 Å². The van der Waals surface area contributed by atoms with Gasteiger partial charge in [-0.05, 0) is 12.1 Å². The minimum Gasteiger partial charge on any atom is -0.489 e. The number of amides is 2. The molecule has 7 nitrogen and oxygen atoms in total. The number of nitrogens with one attached hydrogen (secondary N) is 1. The lowest BCUT2D eigenvalue weighted by atomic mass is 10.1. The molecule has 1 aromatic heterocycles. The average Bonchev–Trinajstić information content (AvgIpc) is 2.98. The van der Waals surface area contributed by atoms with Crippen molar-refractivity contribution in [2.45, 2.75) is 0 Å². The van der Waals surface area contributed by atoms with E-state index in [4.69, 9.17) is 9.84 Å². The number of benzene rings is 1. The zero-order chi connectivity index (χ0) is 14.8. The predicted molar refractivity (Wildman–Crippen MR) is 77.4 cm³/mol. The number of thiazole rings is 1. The average molecular weight is 305 g/mol. The Morgan fingerprint density at radius 2 is 2.29 bits per heavy atom. The molecule has 1 aromatic carbocycles. The first-order valence-electron chi connectivity index (χ1n) is 6.14. The van der Waals surface area contributed by atoms with Crippen molar-refractivity contribution < 1.29 is 19.4 Å². The second kappa shape index (κ2) is 5.41. The van der Waals surface area contributed by atoms with Crippen molar-refractivity contribution in [3.05, 3.63) is 35.3 Å². The summed E-state index contributed by atoms with van der Waals surface area (Å²) in [5, 5.41) is 14.1.